The summed E-state index contributed by atoms with van der Waals surface area (Å²) >= 11 is 1.67. The van der Waals surface area contributed by atoms with Gasteiger partial charge in [-0.15, -0.1) is 11.8 Å². The second-order valence-electron chi connectivity index (χ2n) is 3.08. The maximum Gasteiger partial charge on any atom is 0.471 e. The lowest BCUT2D eigenvalue weighted by Crippen LogP contribution is -1.98. The summed E-state index contributed by atoms with van der Waals surface area (Å²) in [6.07, 6.45) is 2.60. The van der Waals surface area contributed by atoms with Crippen molar-refractivity contribution in [1.82, 2.24) is 0 Å². The van der Waals surface area contributed by atoms with Crippen molar-refractivity contribution in [3.05, 3.63) is 29.8 Å². The molecule has 0 amide bonds. The van der Waals surface area contributed by atoms with E-state index in [1.807, 2.05) is 30.5 Å². The van der Waals surface area contributed by atoms with E-state index >= 15 is 0 Å². The van der Waals surface area contributed by atoms with Crippen LogP contribution in [0.4, 0.5) is 0 Å². The molecule has 0 aliphatic rings. The summed E-state index contributed by atoms with van der Waals surface area (Å²) in [6, 6.07) is 7.97. The highest BCUT2D eigenvalue weighted by atomic mass is 32.2. The van der Waals surface area contributed by atoms with Crippen molar-refractivity contribution >= 4 is 19.6 Å². The molecule has 1 rings (SSSR count). The number of phosphoric acid groups is 1. The van der Waals surface area contributed by atoms with Gasteiger partial charge in [0.2, 0.25) is 0 Å². The minimum absolute atomic E-state index is 0.167. The highest BCUT2D eigenvalue weighted by Gasteiger charge is 2.17. The first-order chi connectivity index (χ1) is 7.57. The van der Waals surface area contributed by atoms with Gasteiger partial charge in [-0.25, -0.2) is 4.57 Å². The van der Waals surface area contributed by atoms with Crippen LogP contribution in [0.2, 0.25) is 0 Å². The van der Waals surface area contributed by atoms with Gasteiger partial charge in [-0.2, -0.15) is 0 Å². The lowest BCUT2D eigenvalue weighted by atomic mass is 10.2. The van der Waals surface area contributed by atoms with Crippen LogP contribution in [0.25, 0.3) is 0 Å². The van der Waals surface area contributed by atoms with E-state index in [0.717, 1.165) is 12.7 Å². The Hall–Kier alpha value is -0.320. The summed E-state index contributed by atoms with van der Waals surface area (Å²) in [7, 11) is -2.68. The average molecular weight is 262 g/mol. The van der Waals surface area contributed by atoms with E-state index < -0.39 is 7.82 Å². The Morgan fingerprint density at radius 3 is 2.50 bits per heavy atom. The smallest absolute Gasteiger partial charge is 0.303 e. The zero-order chi connectivity index (χ0) is 12.0. The number of hydrogen-bond acceptors (Lipinski definition) is 4. The lowest BCUT2D eigenvalue weighted by Gasteiger charge is -2.08. The van der Waals surface area contributed by atoms with Gasteiger partial charge in [0.05, 0.1) is 6.61 Å². The molecule has 0 saturated carbocycles. The fourth-order valence-corrected chi connectivity index (χ4v) is 1.96. The maximum absolute atomic E-state index is 11.0. The molecule has 0 aromatic heterocycles. The third kappa shape index (κ3) is 4.68. The second kappa shape index (κ2) is 6.42. The standard InChI is InChI=1S/C10H15O4PS/c1-13-15(11,12)14-8-7-9-3-5-10(16-2)6-4-9/h3-6H,7-8H2,1-2H3,(H,11,12). The van der Waals surface area contributed by atoms with Gasteiger partial charge in [0.25, 0.3) is 0 Å². The molecule has 4 nitrogen and oxygen atoms in total. The zero-order valence-corrected chi connectivity index (χ0v) is 11.0. The van der Waals surface area contributed by atoms with Crippen LogP contribution in [0.5, 0.6) is 0 Å². The van der Waals surface area contributed by atoms with Gasteiger partial charge < -0.3 is 4.89 Å². The van der Waals surface area contributed by atoms with E-state index in [4.69, 9.17) is 9.42 Å². The Morgan fingerprint density at radius 1 is 1.38 bits per heavy atom. The molecule has 0 aliphatic heterocycles. The van der Waals surface area contributed by atoms with Gasteiger partial charge in [-0.05, 0) is 30.4 Å². The minimum Gasteiger partial charge on any atom is -0.303 e. The van der Waals surface area contributed by atoms with Crippen LogP contribution in [0.15, 0.2) is 29.2 Å². The molecule has 1 N–H and O–H groups in total. The quantitative estimate of drug-likeness (QED) is 0.631. The average Bonchev–Trinajstić information content (AvgIpc) is 2.30. The van der Waals surface area contributed by atoms with E-state index in [1.54, 1.807) is 11.8 Å². The van der Waals surface area contributed by atoms with Crippen LogP contribution in [0.3, 0.4) is 0 Å². The molecule has 0 heterocycles. The van der Waals surface area contributed by atoms with Gasteiger partial charge >= 0.3 is 7.82 Å². The normalized spacial score (nSPS) is 14.7. The van der Waals surface area contributed by atoms with Crippen molar-refractivity contribution in [3.8, 4) is 0 Å². The summed E-state index contributed by atoms with van der Waals surface area (Å²) in [6.45, 7) is 0.167. The Kier molecular flexibility index (Phi) is 5.52. The minimum atomic E-state index is -3.83. The topological polar surface area (TPSA) is 55.8 Å². The second-order valence-corrected chi connectivity index (χ2v) is 5.52. The zero-order valence-electron chi connectivity index (χ0n) is 9.25. The monoisotopic (exact) mass is 262 g/mol. The van der Waals surface area contributed by atoms with E-state index in [0.29, 0.717) is 6.42 Å². The molecule has 0 radical (unpaired) electrons. The molecule has 90 valence electrons. The largest absolute Gasteiger partial charge is 0.471 e. The van der Waals surface area contributed by atoms with Crippen molar-refractivity contribution in [2.24, 2.45) is 0 Å². The van der Waals surface area contributed by atoms with Crippen LogP contribution in [-0.2, 0) is 20.0 Å². The molecule has 6 heteroatoms. The number of thioether (sulfide) groups is 1. The van der Waals surface area contributed by atoms with Crippen molar-refractivity contribution in [2.75, 3.05) is 20.0 Å². The van der Waals surface area contributed by atoms with Gasteiger partial charge in [0.1, 0.15) is 0 Å². The Morgan fingerprint density at radius 2 is 2.00 bits per heavy atom. The third-order valence-electron chi connectivity index (χ3n) is 2.03. The molecule has 16 heavy (non-hydrogen) atoms. The molecular weight excluding hydrogens is 247 g/mol. The molecule has 0 bridgehead atoms. The predicted octanol–water partition coefficient (Wildman–Crippen LogP) is 2.71. The van der Waals surface area contributed by atoms with Crippen molar-refractivity contribution < 1.29 is 18.5 Å². The molecule has 1 aromatic rings. The number of hydrogen-bond donors (Lipinski definition) is 1. The van der Waals surface area contributed by atoms with Crippen molar-refractivity contribution in [1.29, 1.82) is 0 Å². The highest BCUT2D eigenvalue weighted by molar-refractivity contribution is 7.98. The fraction of sp³-hybridized carbons (Fsp3) is 0.400. The van der Waals surface area contributed by atoms with Crippen molar-refractivity contribution in [2.45, 2.75) is 11.3 Å². The molecule has 0 aliphatic carbocycles. The van der Waals surface area contributed by atoms with Crippen LogP contribution in [0.1, 0.15) is 5.56 Å². The number of phosphoric ester groups is 1. The fourth-order valence-electron chi connectivity index (χ4n) is 1.12. The molecule has 1 unspecified atom stereocenters. The SMILES string of the molecule is COP(=O)(O)OCCc1ccc(SC)cc1. The molecule has 1 atom stereocenters. The van der Waals surface area contributed by atoms with Gasteiger partial charge in [-0.1, -0.05) is 12.1 Å². The van der Waals surface area contributed by atoms with Crippen LogP contribution in [0, 0.1) is 0 Å². The first-order valence-corrected chi connectivity index (χ1v) is 7.45. The first kappa shape index (κ1) is 13.7. The molecule has 1 aromatic carbocycles. The number of benzene rings is 1. The summed E-state index contributed by atoms with van der Waals surface area (Å²) in [5, 5.41) is 0. The third-order valence-corrected chi connectivity index (χ3v) is 3.75. The highest BCUT2D eigenvalue weighted by Crippen LogP contribution is 2.41. The van der Waals surface area contributed by atoms with Crippen LogP contribution >= 0.6 is 19.6 Å². The van der Waals surface area contributed by atoms with E-state index in [9.17, 15) is 4.57 Å². The summed E-state index contributed by atoms with van der Waals surface area (Å²) in [5.41, 5.74) is 1.06. The molecule has 0 saturated heterocycles. The Bertz CT molecular complexity index is 366. The number of rotatable bonds is 6. The van der Waals surface area contributed by atoms with Crippen molar-refractivity contribution in [3.63, 3.8) is 0 Å². The van der Waals surface area contributed by atoms with E-state index in [2.05, 4.69) is 4.52 Å². The van der Waals surface area contributed by atoms with Gasteiger partial charge in [0.15, 0.2) is 0 Å². The lowest BCUT2D eigenvalue weighted by molar-refractivity contribution is 0.175. The van der Waals surface area contributed by atoms with Crippen LogP contribution in [-0.4, -0.2) is 24.9 Å². The van der Waals surface area contributed by atoms with Gasteiger partial charge in [0, 0.05) is 12.0 Å². The van der Waals surface area contributed by atoms with Gasteiger partial charge in [-0.3, -0.25) is 9.05 Å². The summed E-state index contributed by atoms with van der Waals surface area (Å²) in [4.78, 5) is 10.2. The summed E-state index contributed by atoms with van der Waals surface area (Å²) in [5.74, 6) is 0. The predicted molar refractivity (Wildman–Crippen MR) is 64.7 cm³/mol. The van der Waals surface area contributed by atoms with E-state index in [-0.39, 0.29) is 6.61 Å². The molecule has 0 fully saturated rings. The van der Waals surface area contributed by atoms with Crippen LogP contribution < -0.4 is 0 Å². The maximum atomic E-state index is 11.0. The first-order valence-electron chi connectivity index (χ1n) is 4.73. The van der Waals surface area contributed by atoms with E-state index in [1.165, 1.54) is 4.90 Å². The molecular formula is C10H15O4PS. The Labute approximate surface area is 99.6 Å². The Balaban J connectivity index is 2.40. The molecule has 0 spiro atoms. The summed E-state index contributed by atoms with van der Waals surface area (Å²) < 4.78 is 20.0.